The van der Waals surface area contributed by atoms with Crippen molar-refractivity contribution in [2.75, 3.05) is 32.7 Å². The number of halogens is 5. The first kappa shape index (κ1) is 37.0. The lowest BCUT2D eigenvalue weighted by Gasteiger charge is -2.34. The van der Waals surface area contributed by atoms with E-state index in [0.29, 0.717) is 60.4 Å². The van der Waals surface area contributed by atoms with E-state index >= 15 is 0 Å². The summed E-state index contributed by atoms with van der Waals surface area (Å²) in [6.45, 7) is 5.22. The van der Waals surface area contributed by atoms with Gasteiger partial charge in [-0.05, 0) is 105 Å². The van der Waals surface area contributed by atoms with E-state index < -0.39 is 11.9 Å². The van der Waals surface area contributed by atoms with Gasteiger partial charge in [0.15, 0.2) is 0 Å². The van der Waals surface area contributed by atoms with E-state index in [4.69, 9.17) is 28.9 Å². The van der Waals surface area contributed by atoms with Crippen LogP contribution in [0.5, 0.6) is 5.75 Å². The number of fused-ring (bicyclic) bond motifs is 3. The Bertz CT molecular complexity index is 1860. The highest BCUT2D eigenvalue weighted by Crippen LogP contribution is 2.36. The minimum Gasteiger partial charge on any atom is -0.406 e. The Kier molecular flexibility index (Phi) is 11.1. The number of aryl methyl sites for hydroxylation is 2. The van der Waals surface area contributed by atoms with Gasteiger partial charge >= 0.3 is 6.36 Å². The number of carbonyl (C=O) groups is 1. The maximum atomic E-state index is 12.9. The zero-order valence-corrected chi connectivity index (χ0v) is 30.5. The number of piperazine rings is 1. The molecule has 3 aromatic carbocycles. The summed E-state index contributed by atoms with van der Waals surface area (Å²) in [5.41, 5.74) is 10.5. The number of hydrogen-bond acceptors (Lipinski definition) is 6. The third-order valence-electron chi connectivity index (χ3n) is 10.9. The van der Waals surface area contributed by atoms with Gasteiger partial charge in [0.2, 0.25) is 5.91 Å². The number of hydrogen-bond donors (Lipinski definition) is 4. The van der Waals surface area contributed by atoms with Crippen molar-refractivity contribution in [1.82, 2.24) is 25.4 Å². The number of piperidine rings is 1. The van der Waals surface area contributed by atoms with Crippen LogP contribution in [-0.4, -0.2) is 72.1 Å². The minimum atomic E-state index is -4.76. The van der Waals surface area contributed by atoms with Crippen LogP contribution >= 0.6 is 23.2 Å². The maximum absolute atomic E-state index is 12.9. The number of benzene rings is 3. The van der Waals surface area contributed by atoms with Gasteiger partial charge in [-0.3, -0.25) is 9.69 Å². The van der Waals surface area contributed by atoms with E-state index in [9.17, 15) is 18.0 Å². The number of aromatic nitrogens is 1. The number of rotatable bonds is 12. The average Bonchev–Trinajstić information content (AvgIpc) is 3.62. The number of amides is 1. The summed E-state index contributed by atoms with van der Waals surface area (Å²) in [7, 11) is 0. The fourth-order valence-corrected chi connectivity index (χ4v) is 8.73. The molecule has 52 heavy (non-hydrogen) atoms. The molecule has 3 saturated heterocycles. The monoisotopic (exact) mass is 756 g/mol. The molecule has 2 bridgehead atoms. The Balaban J connectivity index is 1.04. The fourth-order valence-electron chi connectivity index (χ4n) is 8.22. The molecule has 5 N–H and O–H groups in total. The SMILES string of the molecule is NC1(C(=O)NCCCn2cc(-c3ccc(OC(F)(F)F)cc3)c3cc(CCC4CC5CN(Cc6c(Cl)cccc6Cl)CC4N5)ccc32)CCNCC1. The lowest BCUT2D eigenvalue weighted by atomic mass is 9.88. The summed E-state index contributed by atoms with van der Waals surface area (Å²) < 4.78 is 44.9. The smallest absolute Gasteiger partial charge is 0.406 e. The summed E-state index contributed by atoms with van der Waals surface area (Å²) in [5.74, 6) is 0.161. The molecular weight excluding hydrogens is 712 g/mol. The lowest BCUT2D eigenvalue weighted by Crippen LogP contribution is -2.59. The van der Waals surface area contributed by atoms with Gasteiger partial charge in [0.25, 0.3) is 0 Å². The summed E-state index contributed by atoms with van der Waals surface area (Å²) >= 11 is 13.0. The fraction of sp³-hybridized carbons (Fsp3) is 0.462. The average molecular weight is 758 g/mol. The molecule has 1 amide bonds. The predicted octanol–water partition coefficient (Wildman–Crippen LogP) is 6.90. The van der Waals surface area contributed by atoms with Gasteiger partial charge in [-0.15, -0.1) is 13.2 Å². The first-order valence-electron chi connectivity index (χ1n) is 18.1. The molecule has 7 rings (SSSR count). The molecule has 0 radical (unpaired) electrons. The van der Waals surface area contributed by atoms with Crippen molar-refractivity contribution in [2.24, 2.45) is 11.7 Å². The summed E-state index contributed by atoms with van der Waals surface area (Å²) in [6.07, 6.45) is 2.27. The van der Waals surface area contributed by atoms with Crippen molar-refractivity contribution in [3.63, 3.8) is 0 Å². The topological polar surface area (TPSA) is 96.6 Å². The van der Waals surface area contributed by atoms with Crippen LogP contribution in [0.15, 0.2) is 66.9 Å². The van der Waals surface area contributed by atoms with Gasteiger partial charge in [-0.25, -0.2) is 0 Å². The van der Waals surface area contributed by atoms with Crippen molar-refractivity contribution in [2.45, 2.75) is 75.6 Å². The molecule has 8 nitrogen and oxygen atoms in total. The second-order valence-electron chi connectivity index (χ2n) is 14.6. The number of nitrogens with two attached hydrogens (primary N) is 1. The molecule has 1 aromatic heterocycles. The largest absolute Gasteiger partial charge is 0.573 e. The van der Waals surface area contributed by atoms with Gasteiger partial charge in [0.05, 0.1) is 5.54 Å². The molecule has 0 spiro atoms. The lowest BCUT2D eigenvalue weighted by molar-refractivity contribution is -0.274. The van der Waals surface area contributed by atoms with E-state index in [-0.39, 0.29) is 11.7 Å². The number of alkyl halides is 3. The molecule has 3 aliphatic heterocycles. The van der Waals surface area contributed by atoms with E-state index in [1.807, 2.05) is 18.2 Å². The molecule has 4 aromatic rings. The van der Waals surface area contributed by atoms with Crippen LogP contribution in [0.4, 0.5) is 13.2 Å². The normalized spacial score (nSPS) is 21.8. The van der Waals surface area contributed by atoms with Crippen molar-refractivity contribution in [3.8, 4) is 16.9 Å². The van der Waals surface area contributed by atoms with Crippen molar-refractivity contribution >= 4 is 40.0 Å². The maximum Gasteiger partial charge on any atom is 0.573 e. The van der Waals surface area contributed by atoms with Crippen molar-refractivity contribution in [1.29, 1.82) is 0 Å². The Hall–Kier alpha value is -3.32. The Labute approximate surface area is 312 Å². The molecule has 278 valence electrons. The number of likely N-dealkylation sites (tertiary alicyclic amines) is 1. The quantitative estimate of drug-likeness (QED) is 0.118. The second-order valence-corrected chi connectivity index (χ2v) is 15.4. The molecule has 0 saturated carbocycles. The number of nitrogens with one attached hydrogen (secondary N) is 3. The molecule has 3 aliphatic rings. The number of carbonyl (C=O) groups excluding carboxylic acids is 1. The van der Waals surface area contributed by atoms with Crippen LogP contribution in [0.1, 0.15) is 43.2 Å². The van der Waals surface area contributed by atoms with E-state index in [0.717, 1.165) is 79.6 Å². The van der Waals surface area contributed by atoms with E-state index in [2.05, 4.69) is 54.6 Å². The summed E-state index contributed by atoms with van der Waals surface area (Å²) in [4.78, 5) is 15.3. The molecule has 3 atom stereocenters. The van der Waals surface area contributed by atoms with Gasteiger partial charge in [-0.2, -0.15) is 0 Å². The zero-order valence-electron chi connectivity index (χ0n) is 29.0. The molecule has 13 heteroatoms. The Morgan fingerprint density at radius 2 is 1.79 bits per heavy atom. The highest BCUT2D eigenvalue weighted by Gasteiger charge is 2.39. The predicted molar refractivity (Wildman–Crippen MR) is 200 cm³/mol. The zero-order chi connectivity index (χ0) is 36.5. The molecule has 3 unspecified atom stereocenters. The van der Waals surface area contributed by atoms with Gasteiger partial charge in [0.1, 0.15) is 5.75 Å². The third-order valence-corrected chi connectivity index (χ3v) is 11.6. The van der Waals surface area contributed by atoms with Crippen molar-refractivity contribution in [3.05, 3.63) is 88.0 Å². The first-order chi connectivity index (χ1) is 24.9. The molecular formula is C39H45Cl2F3N6O2. The molecule has 0 aliphatic carbocycles. The number of nitrogens with zero attached hydrogens (tertiary/aromatic N) is 2. The van der Waals surface area contributed by atoms with Gasteiger partial charge in [-0.1, -0.05) is 47.5 Å². The third kappa shape index (κ3) is 8.56. The standard InChI is InChI=1S/C39H45Cl2F3N6O2/c40-33-3-1-4-34(41)32(33)22-49-21-28-20-27(35(24-49)48-28)7-5-25-6-12-36-30(19-25)31(26-8-10-29(11-9-26)52-39(42,43)44)23-50(36)18-2-15-47-37(51)38(45)13-16-46-17-14-38/h1,3-4,6,8-12,19,23,27-28,35,46,48H,2,5,7,13-18,20-22,24,45H2,(H,47,51). The molecule has 4 heterocycles. The van der Waals surface area contributed by atoms with Crippen LogP contribution in [0.2, 0.25) is 10.0 Å². The number of ether oxygens (including phenoxy) is 1. The van der Waals surface area contributed by atoms with Crippen LogP contribution < -0.4 is 26.4 Å². The highest BCUT2D eigenvalue weighted by molar-refractivity contribution is 6.36. The van der Waals surface area contributed by atoms with Crippen LogP contribution in [0.25, 0.3) is 22.0 Å². The van der Waals surface area contributed by atoms with Gasteiger partial charge < -0.3 is 31.0 Å². The van der Waals surface area contributed by atoms with E-state index in [1.54, 1.807) is 12.1 Å². The summed E-state index contributed by atoms with van der Waals surface area (Å²) in [6, 6.07) is 19.0. The van der Waals surface area contributed by atoms with Crippen LogP contribution in [-0.2, 0) is 24.3 Å². The first-order valence-corrected chi connectivity index (χ1v) is 18.9. The molecule has 3 fully saturated rings. The second kappa shape index (κ2) is 15.6. The Morgan fingerprint density at radius 1 is 1.04 bits per heavy atom. The van der Waals surface area contributed by atoms with Crippen LogP contribution in [0.3, 0.4) is 0 Å². The highest BCUT2D eigenvalue weighted by atomic mass is 35.5. The Morgan fingerprint density at radius 3 is 2.52 bits per heavy atom. The van der Waals surface area contributed by atoms with E-state index in [1.165, 1.54) is 17.7 Å². The van der Waals surface area contributed by atoms with Crippen LogP contribution in [0, 0.1) is 5.92 Å². The van der Waals surface area contributed by atoms with Gasteiger partial charge in [0, 0.05) is 83.1 Å². The minimum absolute atomic E-state index is 0.114. The van der Waals surface area contributed by atoms with Crippen molar-refractivity contribution < 1.29 is 22.7 Å². The summed E-state index contributed by atoms with van der Waals surface area (Å²) in [5, 5.41) is 12.5.